The van der Waals surface area contributed by atoms with E-state index in [1.165, 1.54) is 11.8 Å². The summed E-state index contributed by atoms with van der Waals surface area (Å²) in [5, 5.41) is 1.80. The topological polar surface area (TPSA) is 59.7 Å². The monoisotopic (exact) mass is 406 g/mol. The molecule has 2 aromatic heterocycles. The van der Waals surface area contributed by atoms with Gasteiger partial charge in [-0.2, -0.15) is 0 Å². The lowest BCUT2D eigenvalue weighted by Crippen LogP contribution is -2.48. The Morgan fingerprint density at radius 1 is 1.03 bits per heavy atom. The predicted octanol–water partition coefficient (Wildman–Crippen LogP) is 3.76. The van der Waals surface area contributed by atoms with E-state index in [9.17, 15) is 4.79 Å². The summed E-state index contributed by atoms with van der Waals surface area (Å²) in [5.74, 6) is 0.455. The minimum Gasteiger partial charge on any atom is -0.372 e. The number of hydrogen-bond acceptors (Lipinski definition) is 5. The van der Waals surface area contributed by atoms with Crippen molar-refractivity contribution < 1.29 is 9.53 Å². The zero-order valence-electron chi connectivity index (χ0n) is 16.4. The number of hydrogen-bond donors (Lipinski definition) is 0. The third-order valence-corrected chi connectivity index (χ3v) is 6.13. The second-order valence-corrected chi connectivity index (χ2v) is 8.46. The van der Waals surface area contributed by atoms with Crippen molar-refractivity contribution in [2.45, 2.75) is 31.2 Å². The molecule has 0 saturated carbocycles. The van der Waals surface area contributed by atoms with Crippen molar-refractivity contribution in [3.63, 3.8) is 0 Å². The van der Waals surface area contributed by atoms with Crippen LogP contribution in [-0.4, -0.2) is 56.2 Å². The number of morpholine rings is 1. The van der Waals surface area contributed by atoms with Gasteiger partial charge in [0.05, 0.1) is 34.5 Å². The van der Waals surface area contributed by atoms with Gasteiger partial charge >= 0.3 is 0 Å². The number of carbonyl (C=O) groups excluding carboxylic acids is 1. The average molecular weight is 407 g/mol. The minimum absolute atomic E-state index is 0.0655. The van der Waals surface area contributed by atoms with Crippen molar-refractivity contribution in [2.75, 3.05) is 18.8 Å². The van der Waals surface area contributed by atoms with Crippen LogP contribution in [0.3, 0.4) is 0 Å². The summed E-state index contributed by atoms with van der Waals surface area (Å²) in [5.41, 5.74) is 3.69. The van der Waals surface area contributed by atoms with Crippen LogP contribution in [0, 0.1) is 0 Å². The number of carbonyl (C=O) groups is 1. The molecule has 0 radical (unpaired) electrons. The maximum absolute atomic E-state index is 12.9. The van der Waals surface area contributed by atoms with Crippen molar-refractivity contribution in [3.05, 3.63) is 48.5 Å². The maximum Gasteiger partial charge on any atom is 0.233 e. The Hall–Kier alpha value is -2.64. The fourth-order valence-electron chi connectivity index (χ4n) is 4.01. The first-order valence-electron chi connectivity index (χ1n) is 9.82. The van der Waals surface area contributed by atoms with Gasteiger partial charge in [0.25, 0.3) is 0 Å². The first kappa shape index (κ1) is 18.4. The Balaban J connectivity index is 1.53. The van der Waals surface area contributed by atoms with E-state index in [2.05, 4.69) is 4.40 Å². The highest BCUT2D eigenvalue weighted by atomic mass is 32.2. The van der Waals surface area contributed by atoms with Crippen LogP contribution >= 0.6 is 11.8 Å². The molecule has 1 fully saturated rings. The number of ether oxygens (including phenoxy) is 1. The van der Waals surface area contributed by atoms with Gasteiger partial charge < -0.3 is 9.64 Å². The molecule has 3 heterocycles. The Morgan fingerprint density at radius 2 is 1.72 bits per heavy atom. The lowest BCUT2D eigenvalue weighted by atomic mass is 10.2. The molecule has 0 spiro atoms. The average Bonchev–Trinajstić information content (AvgIpc) is 3.11. The van der Waals surface area contributed by atoms with E-state index in [4.69, 9.17) is 14.7 Å². The number of nitrogens with zero attached hydrogens (tertiary/aromatic N) is 4. The number of aromatic nitrogens is 3. The molecule has 6 nitrogen and oxygen atoms in total. The van der Waals surface area contributed by atoms with Gasteiger partial charge in [0.15, 0.2) is 5.16 Å². The molecule has 7 heteroatoms. The second-order valence-electron chi connectivity index (χ2n) is 7.52. The minimum atomic E-state index is 0.0655. The summed E-state index contributed by atoms with van der Waals surface area (Å²) >= 11 is 1.47. The van der Waals surface area contributed by atoms with Gasteiger partial charge in [-0.25, -0.2) is 9.97 Å². The largest absolute Gasteiger partial charge is 0.372 e. The van der Waals surface area contributed by atoms with E-state index >= 15 is 0 Å². The predicted molar refractivity (Wildman–Crippen MR) is 115 cm³/mol. The molecule has 2 atom stereocenters. The molecule has 29 heavy (non-hydrogen) atoms. The Bertz CT molecular complexity index is 1210. The summed E-state index contributed by atoms with van der Waals surface area (Å²) in [4.78, 5) is 24.5. The molecule has 0 unspecified atom stereocenters. The maximum atomic E-state index is 12.9. The fourth-order valence-corrected chi connectivity index (χ4v) is 4.92. The molecule has 4 aromatic rings. The molecule has 0 bridgehead atoms. The Kier molecular flexibility index (Phi) is 4.64. The van der Waals surface area contributed by atoms with Crippen LogP contribution in [0.4, 0.5) is 0 Å². The number of benzene rings is 2. The Morgan fingerprint density at radius 3 is 2.52 bits per heavy atom. The van der Waals surface area contributed by atoms with E-state index < -0.39 is 0 Å². The van der Waals surface area contributed by atoms with Gasteiger partial charge in [-0.05, 0) is 38.1 Å². The zero-order chi connectivity index (χ0) is 20.0. The molecular weight excluding hydrogens is 384 g/mol. The third kappa shape index (κ3) is 3.34. The number of fused-ring (bicyclic) bond motifs is 5. The first-order chi connectivity index (χ1) is 14.1. The van der Waals surface area contributed by atoms with Crippen molar-refractivity contribution in [2.24, 2.45) is 0 Å². The van der Waals surface area contributed by atoms with Crippen molar-refractivity contribution in [1.82, 2.24) is 19.3 Å². The second kappa shape index (κ2) is 7.31. The van der Waals surface area contributed by atoms with Gasteiger partial charge in [0, 0.05) is 18.5 Å². The normalized spacial score (nSPS) is 20.0. The van der Waals surface area contributed by atoms with Crippen LogP contribution in [-0.2, 0) is 9.53 Å². The van der Waals surface area contributed by atoms with Crippen LogP contribution in [0.5, 0.6) is 0 Å². The van der Waals surface area contributed by atoms with Crippen molar-refractivity contribution >= 4 is 45.3 Å². The van der Waals surface area contributed by atoms with Gasteiger partial charge in [-0.1, -0.05) is 36.0 Å². The van der Waals surface area contributed by atoms with Crippen LogP contribution < -0.4 is 0 Å². The molecule has 148 valence electrons. The van der Waals surface area contributed by atoms with Gasteiger partial charge in [-0.3, -0.25) is 9.20 Å². The van der Waals surface area contributed by atoms with E-state index in [0.29, 0.717) is 18.8 Å². The van der Waals surface area contributed by atoms with Gasteiger partial charge in [0.2, 0.25) is 5.91 Å². The van der Waals surface area contributed by atoms with E-state index in [-0.39, 0.29) is 18.1 Å². The molecular formula is C22H22N4O2S. The summed E-state index contributed by atoms with van der Waals surface area (Å²) in [7, 11) is 0. The molecule has 5 rings (SSSR count). The molecule has 1 aliphatic heterocycles. The van der Waals surface area contributed by atoms with Crippen LogP contribution in [0.2, 0.25) is 0 Å². The SMILES string of the molecule is C[C@@H]1CN(C(=O)CSc2nc3ccccc3c3nc4ccccc4n23)C[C@@H](C)O1. The fraction of sp³-hybridized carbons (Fsp3) is 0.318. The molecule has 0 aliphatic carbocycles. The lowest BCUT2D eigenvalue weighted by Gasteiger charge is -2.35. The summed E-state index contributed by atoms with van der Waals surface area (Å²) in [6.45, 7) is 5.29. The van der Waals surface area contributed by atoms with E-state index in [0.717, 1.165) is 32.7 Å². The van der Waals surface area contributed by atoms with Crippen molar-refractivity contribution in [3.8, 4) is 0 Å². The van der Waals surface area contributed by atoms with Crippen LogP contribution in [0.1, 0.15) is 13.8 Å². The number of para-hydroxylation sites is 3. The number of rotatable bonds is 3. The van der Waals surface area contributed by atoms with Gasteiger partial charge in [-0.15, -0.1) is 0 Å². The summed E-state index contributed by atoms with van der Waals surface area (Å²) in [6, 6.07) is 16.1. The van der Waals surface area contributed by atoms with Crippen molar-refractivity contribution in [1.29, 1.82) is 0 Å². The van der Waals surface area contributed by atoms with E-state index in [1.54, 1.807) is 0 Å². The smallest absolute Gasteiger partial charge is 0.233 e. The first-order valence-corrected chi connectivity index (χ1v) is 10.8. The highest BCUT2D eigenvalue weighted by molar-refractivity contribution is 7.99. The third-order valence-electron chi connectivity index (χ3n) is 5.21. The number of amides is 1. The molecule has 2 aromatic carbocycles. The lowest BCUT2D eigenvalue weighted by molar-refractivity contribution is -0.140. The quantitative estimate of drug-likeness (QED) is 0.383. The zero-order valence-corrected chi connectivity index (χ0v) is 17.2. The van der Waals surface area contributed by atoms with Gasteiger partial charge in [0.1, 0.15) is 5.65 Å². The van der Waals surface area contributed by atoms with E-state index in [1.807, 2.05) is 67.3 Å². The van der Waals surface area contributed by atoms with Crippen LogP contribution in [0.25, 0.3) is 27.6 Å². The Labute approximate surface area is 172 Å². The molecule has 0 N–H and O–H groups in total. The van der Waals surface area contributed by atoms with Crippen LogP contribution in [0.15, 0.2) is 53.7 Å². The summed E-state index contributed by atoms with van der Waals surface area (Å²) in [6.07, 6.45) is 0.131. The highest BCUT2D eigenvalue weighted by Crippen LogP contribution is 2.29. The molecule has 1 saturated heterocycles. The standard InChI is InChI=1S/C22H22N4O2S/c1-14-11-25(12-15(2)28-14)20(27)13-29-22-24-17-8-4-3-7-16(17)21-23-18-9-5-6-10-19(18)26(21)22/h3-10,14-15H,11-13H2,1-2H3/t14-,15-/m1/s1. The highest BCUT2D eigenvalue weighted by Gasteiger charge is 2.26. The summed E-state index contributed by atoms with van der Waals surface area (Å²) < 4.78 is 7.82. The molecule has 1 amide bonds. The number of imidazole rings is 1. The number of thioether (sulfide) groups is 1. The molecule has 1 aliphatic rings.